The summed E-state index contributed by atoms with van der Waals surface area (Å²) in [4.78, 5) is 12.7. The van der Waals surface area contributed by atoms with Crippen molar-refractivity contribution < 1.29 is 14.3 Å². The van der Waals surface area contributed by atoms with Crippen LogP contribution in [0.15, 0.2) is 12.1 Å². The van der Waals surface area contributed by atoms with Gasteiger partial charge in [-0.15, -0.1) is 0 Å². The van der Waals surface area contributed by atoms with Crippen LogP contribution >= 0.6 is 0 Å². The van der Waals surface area contributed by atoms with Crippen molar-refractivity contribution in [1.29, 1.82) is 0 Å². The molecule has 0 radical (unpaired) electrons. The molecule has 1 fully saturated rings. The summed E-state index contributed by atoms with van der Waals surface area (Å²) in [5.74, 6) is 0.684. The van der Waals surface area contributed by atoms with Crippen LogP contribution in [0, 0.1) is 13.8 Å². The number of hydrogen-bond acceptors (Lipinski definition) is 3. The Labute approximate surface area is 108 Å². The van der Waals surface area contributed by atoms with Gasteiger partial charge in [0.1, 0.15) is 11.4 Å². The third kappa shape index (κ3) is 2.15. The normalized spacial score (nSPS) is 23.1. The highest BCUT2D eigenvalue weighted by Crippen LogP contribution is 2.34. The van der Waals surface area contributed by atoms with Crippen LogP contribution in [0.5, 0.6) is 5.75 Å². The van der Waals surface area contributed by atoms with Gasteiger partial charge in [-0.3, -0.25) is 4.79 Å². The number of Topliss-reactive ketones (excluding diaryl/α,β-unsaturated/α-hetero) is 1. The van der Waals surface area contributed by atoms with E-state index in [0.717, 1.165) is 24.0 Å². The molecule has 0 amide bonds. The minimum absolute atomic E-state index is 0.0364. The van der Waals surface area contributed by atoms with Crippen molar-refractivity contribution in [2.75, 3.05) is 13.7 Å². The predicted molar refractivity (Wildman–Crippen MR) is 70.4 cm³/mol. The molecule has 1 aliphatic rings. The third-order valence-electron chi connectivity index (χ3n) is 3.59. The van der Waals surface area contributed by atoms with Crippen LogP contribution in [0.4, 0.5) is 0 Å². The molecule has 1 saturated heterocycles. The van der Waals surface area contributed by atoms with Gasteiger partial charge >= 0.3 is 0 Å². The average Bonchev–Trinajstić information content (AvgIpc) is 2.75. The molecule has 0 bridgehead atoms. The van der Waals surface area contributed by atoms with E-state index in [9.17, 15) is 4.79 Å². The Morgan fingerprint density at radius 2 is 2.11 bits per heavy atom. The maximum absolute atomic E-state index is 12.7. The molecule has 98 valence electrons. The Morgan fingerprint density at radius 3 is 2.67 bits per heavy atom. The van der Waals surface area contributed by atoms with Crippen LogP contribution in [0.2, 0.25) is 0 Å². The fraction of sp³-hybridized carbons (Fsp3) is 0.533. The van der Waals surface area contributed by atoms with Crippen LogP contribution in [-0.2, 0) is 4.74 Å². The molecular weight excluding hydrogens is 228 g/mol. The Morgan fingerprint density at radius 1 is 1.39 bits per heavy atom. The number of carbonyl (C=O) groups is 1. The van der Waals surface area contributed by atoms with E-state index in [1.165, 1.54) is 0 Å². The highest BCUT2D eigenvalue weighted by Gasteiger charge is 2.40. The quantitative estimate of drug-likeness (QED) is 0.771. The van der Waals surface area contributed by atoms with Crippen molar-refractivity contribution in [3.05, 3.63) is 28.8 Å². The van der Waals surface area contributed by atoms with Gasteiger partial charge in [-0.05, 0) is 50.8 Å². The fourth-order valence-electron chi connectivity index (χ4n) is 2.60. The van der Waals surface area contributed by atoms with Gasteiger partial charge in [-0.1, -0.05) is 6.07 Å². The van der Waals surface area contributed by atoms with Crippen molar-refractivity contribution >= 4 is 5.78 Å². The third-order valence-corrected chi connectivity index (χ3v) is 3.59. The van der Waals surface area contributed by atoms with Gasteiger partial charge in [-0.25, -0.2) is 0 Å². The van der Waals surface area contributed by atoms with Gasteiger partial charge < -0.3 is 9.47 Å². The van der Waals surface area contributed by atoms with Crippen molar-refractivity contribution in [2.24, 2.45) is 0 Å². The molecular formula is C15H20O3. The maximum atomic E-state index is 12.7. The van der Waals surface area contributed by atoms with Crippen LogP contribution in [-0.4, -0.2) is 25.1 Å². The second kappa shape index (κ2) is 4.73. The summed E-state index contributed by atoms with van der Waals surface area (Å²) in [6, 6.07) is 3.91. The van der Waals surface area contributed by atoms with Crippen LogP contribution < -0.4 is 4.74 Å². The summed E-state index contributed by atoms with van der Waals surface area (Å²) in [5, 5.41) is 0. The minimum Gasteiger partial charge on any atom is -0.496 e. The molecule has 18 heavy (non-hydrogen) atoms. The predicted octanol–water partition coefficient (Wildman–Crippen LogP) is 3.06. The van der Waals surface area contributed by atoms with E-state index in [1.807, 2.05) is 32.9 Å². The number of benzene rings is 1. The Hall–Kier alpha value is -1.35. The molecule has 0 aliphatic carbocycles. The molecule has 1 aromatic rings. The van der Waals surface area contributed by atoms with Crippen molar-refractivity contribution in [1.82, 2.24) is 0 Å². The summed E-state index contributed by atoms with van der Waals surface area (Å²) >= 11 is 0. The Balaban J connectivity index is 2.47. The molecule has 1 aliphatic heterocycles. The molecule has 1 atom stereocenters. The number of ketones is 1. The molecule has 2 rings (SSSR count). The van der Waals surface area contributed by atoms with E-state index < -0.39 is 5.60 Å². The monoisotopic (exact) mass is 248 g/mol. The molecule has 0 aromatic heterocycles. The number of methoxy groups -OCH3 is 1. The lowest BCUT2D eigenvalue weighted by atomic mass is 9.88. The van der Waals surface area contributed by atoms with Gasteiger partial charge in [0.2, 0.25) is 0 Å². The number of aryl methyl sites for hydroxylation is 2. The van der Waals surface area contributed by atoms with E-state index in [-0.39, 0.29) is 5.78 Å². The van der Waals surface area contributed by atoms with Crippen LogP contribution in [0.25, 0.3) is 0 Å². The molecule has 0 N–H and O–H groups in total. The highest BCUT2D eigenvalue weighted by molar-refractivity contribution is 6.05. The number of ether oxygens (including phenoxy) is 2. The van der Waals surface area contributed by atoms with Gasteiger partial charge in [0, 0.05) is 6.61 Å². The van der Waals surface area contributed by atoms with E-state index in [4.69, 9.17) is 9.47 Å². The minimum atomic E-state index is -0.687. The topological polar surface area (TPSA) is 35.5 Å². The van der Waals surface area contributed by atoms with Gasteiger partial charge in [0.05, 0.1) is 12.7 Å². The summed E-state index contributed by atoms with van der Waals surface area (Å²) < 4.78 is 11.0. The van der Waals surface area contributed by atoms with E-state index in [2.05, 4.69) is 0 Å². The van der Waals surface area contributed by atoms with Gasteiger partial charge in [-0.2, -0.15) is 0 Å². The lowest BCUT2D eigenvalue weighted by molar-refractivity contribution is 0.0210. The van der Waals surface area contributed by atoms with Gasteiger partial charge in [0.15, 0.2) is 5.78 Å². The maximum Gasteiger partial charge on any atom is 0.198 e. The lowest BCUT2D eigenvalue weighted by Gasteiger charge is -2.24. The highest BCUT2D eigenvalue weighted by atomic mass is 16.5. The summed E-state index contributed by atoms with van der Waals surface area (Å²) in [5.41, 5.74) is 2.02. The largest absolute Gasteiger partial charge is 0.496 e. The number of carbonyl (C=O) groups excluding carboxylic acids is 1. The molecule has 0 spiro atoms. The number of hydrogen-bond donors (Lipinski definition) is 0. The Bertz CT molecular complexity index is 471. The smallest absolute Gasteiger partial charge is 0.198 e. The second-order valence-electron chi connectivity index (χ2n) is 5.17. The molecule has 0 saturated carbocycles. The summed E-state index contributed by atoms with van der Waals surface area (Å²) in [6.45, 7) is 6.48. The molecule has 1 unspecified atom stereocenters. The molecule has 1 aromatic carbocycles. The average molecular weight is 248 g/mol. The van der Waals surface area contributed by atoms with Crippen molar-refractivity contribution in [2.45, 2.75) is 39.2 Å². The first kappa shape index (κ1) is 13.1. The molecule has 1 heterocycles. The summed E-state index contributed by atoms with van der Waals surface area (Å²) in [7, 11) is 1.60. The van der Waals surface area contributed by atoms with E-state index in [1.54, 1.807) is 7.11 Å². The molecule has 3 nitrogen and oxygen atoms in total. The zero-order valence-electron chi connectivity index (χ0n) is 11.5. The van der Waals surface area contributed by atoms with Crippen LogP contribution in [0.3, 0.4) is 0 Å². The van der Waals surface area contributed by atoms with Crippen molar-refractivity contribution in [3.63, 3.8) is 0 Å². The van der Waals surface area contributed by atoms with Crippen LogP contribution in [0.1, 0.15) is 41.3 Å². The fourth-order valence-corrected chi connectivity index (χ4v) is 2.60. The first-order valence-corrected chi connectivity index (χ1v) is 6.32. The first-order valence-electron chi connectivity index (χ1n) is 6.32. The van der Waals surface area contributed by atoms with E-state index >= 15 is 0 Å². The second-order valence-corrected chi connectivity index (χ2v) is 5.17. The Kier molecular flexibility index (Phi) is 3.44. The molecule has 3 heteroatoms. The van der Waals surface area contributed by atoms with Crippen molar-refractivity contribution in [3.8, 4) is 5.75 Å². The summed E-state index contributed by atoms with van der Waals surface area (Å²) in [6.07, 6.45) is 1.72. The van der Waals surface area contributed by atoms with E-state index in [0.29, 0.717) is 17.9 Å². The lowest BCUT2D eigenvalue weighted by Crippen LogP contribution is -2.35. The standard InChI is InChI=1S/C15H20O3/c1-10-8-11(2)13(12(9-10)17-4)14(16)15(3)6-5-7-18-15/h8-9H,5-7H2,1-4H3. The zero-order valence-corrected chi connectivity index (χ0v) is 11.5. The SMILES string of the molecule is COc1cc(C)cc(C)c1C(=O)C1(C)CCCO1. The first-order chi connectivity index (χ1) is 8.48. The van der Waals surface area contributed by atoms with Gasteiger partial charge in [0.25, 0.3) is 0 Å². The number of rotatable bonds is 3. The zero-order chi connectivity index (χ0) is 13.3.